The summed E-state index contributed by atoms with van der Waals surface area (Å²) >= 11 is 0. The van der Waals surface area contributed by atoms with E-state index in [9.17, 15) is 4.79 Å². The molecule has 0 aliphatic carbocycles. The van der Waals surface area contributed by atoms with Crippen LogP contribution in [0.2, 0.25) is 0 Å². The SMILES string of the molecule is CCOC(=O)C(Nc1ccc2c(c1)OCO2)c1c[nH]c2ccccc12. The molecule has 2 aromatic carbocycles. The lowest BCUT2D eigenvalue weighted by molar-refractivity contribution is -0.144. The van der Waals surface area contributed by atoms with E-state index in [1.165, 1.54) is 0 Å². The smallest absolute Gasteiger partial charge is 0.333 e. The van der Waals surface area contributed by atoms with Crippen LogP contribution in [0.3, 0.4) is 0 Å². The number of ether oxygens (including phenoxy) is 3. The molecular formula is C19H18N2O4. The zero-order valence-corrected chi connectivity index (χ0v) is 13.7. The molecule has 128 valence electrons. The van der Waals surface area contributed by atoms with Gasteiger partial charge in [-0.15, -0.1) is 0 Å². The van der Waals surface area contributed by atoms with Gasteiger partial charge in [0.1, 0.15) is 0 Å². The molecule has 0 bridgehead atoms. The molecule has 2 N–H and O–H groups in total. The molecule has 4 rings (SSSR count). The van der Waals surface area contributed by atoms with E-state index in [1.807, 2.05) is 48.7 Å². The highest BCUT2D eigenvalue weighted by molar-refractivity contribution is 5.91. The van der Waals surface area contributed by atoms with E-state index in [4.69, 9.17) is 14.2 Å². The fourth-order valence-electron chi connectivity index (χ4n) is 2.98. The lowest BCUT2D eigenvalue weighted by atomic mass is 10.1. The molecule has 0 saturated carbocycles. The summed E-state index contributed by atoms with van der Waals surface area (Å²) in [5, 5.41) is 4.24. The van der Waals surface area contributed by atoms with Gasteiger partial charge in [0.05, 0.1) is 6.61 Å². The van der Waals surface area contributed by atoms with Gasteiger partial charge >= 0.3 is 5.97 Å². The van der Waals surface area contributed by atoms with Crippen LogP contribution in [0.25, 0.3) is 10.9 Å². The first-order valence-corrected chi connectivity index (χ1v) is 8.15. The number of carbonyl (C=O) groups is 1. The average molecular weight is 338 g/mol. The predicted octanol–water partition coefficient (Wildman–Crippen LogP) is 3.61. The van der Waals surface area contributed by atoms with Crippen LogP contribution in [0.4, 0.5) is 5.69 Å². The Balaban J connectivity index is 1.70. The van der Waals surface area contributed by atoms with Crippen molar-refractivity contribution in [3.63, 3.8) is 0 Å². The third kappa shape index (κ3) is 2.87. The summed E-state index contributed by atoms with van der Waals surface area (Å²) in [5.41, 5.74) is 2.57. The van der Waals surface area contributed by atoms with Gasteiger partial charge in [0.15, 0.2) is 17.5 Å². The highest BCUT2D eigenvalue weighted by Crippen LogP contribution is 2.36. The molecule has 0 radical (unpaired) electrons. The van der Waals surface area contributed by atoms with E-state index in [0.29, 0.717) is 18.1 Å². The zero-order chi connectivity index (χ0) is 17.2. The van der Waals surface area contributed by atoms with Gasteiger partial charge in [0, 0.05) is 34.4 Å². The summed E-state index contributed by atoms with van der Waals surface area (Å²) in [6, 6.07) is 12.7. The van der Waals surface area contributed by atoms with Crippen LogP contribution in [-0.4, -0.2) is 24.4 Å². The average Bonchev–Trinajstić information content (AvgIpc) is 3.26. The molecule has 2 heterocycles. The van der Waals surface area contributed by atoms with Gasteiger partial charge < -0.3 is 24.5 Å². The van der Waals surface area contributed by atoms with E-state index in [2.05, 4.69) is 10.3 Å². The second-order valence-corrected chi connectivity index (χ2v) is 5.69. The summed E-state index contributed by atoms with van der Waals surface area (Å²) in [7, 11) is 0. The van der Waals surface area contributed by atoms with E-state index < -0.39 is 6.04 Å². The minimum absolute atomic E-state index is 0.211. The van der Waals surface area contributed by atoms with Crippen molar-refractivity contribution in [1.29, 1.82) is 0 Å². The Morgan fingerprint density at radius 2 is 2.08 bits per heavy atom. The number of nitrogens with one attached hydrogen (secondary N) is 2. The van der Waals surface area contributed by atoms with Gasteiger partial charge in [-0.3, -0.25) is 0 Å². The van der Waals surface area contributed by atoms with Crippen LogP contribution in [0.15, 0.2) is 48.7 Å². The number of aromatic nitrogens is 1. The summed E-state index contributed by atoms with van der Waals surface area (Å²) < 4.78 is 16.0. The summed E-state index contributed by atoms with van der Waals surface area (Å²) in [4.78, 5) is 15.8. The number of carbonyl (C=O) groups excluding carboxylic acids is 1. The molecule has 1 unspecified atom stereocenters. The normalized spacial score (nSPS) is 13.6. The Bertz CT molecular complexity index is 919. The Kier molecular flexibility index (Phi) is 3.93. The molecule has 0 saturated heterocycles. The number of rotatable bonds is 5. The summed E-state index contributed by atoms with van der Waals surface area (Å²) in [6.45, 7) is 2.33. The van der Waals surface area contributed by atoms with Gasteiger partial charge in [-0.25, -0.2) is 4.79 Å². The van der Waals surface area contributed by atoms with E-state index in [1.54, 1.807) is 6.92 Å². The third-order valence-corrected chi connectivity index (χ3v) is 4.14. The van der Waals surface area contributed by atoms with Crippen LogP contribution in [-0.2, 0) is 9.53 Å². The number of anilines is 1. The van der Waals surface area contributed by atoms with E-state index >= 15 is 0 Å². The maximum Gasteiger partial charge on any atom is 0.333 e. The quantitative estimate of drug-likeness (QED) is 0.695. The first-order chi connectivity index (χ1) is 12.3. The standard InChI is InChI=1S/C19H18N2O4/c1-2-23-19(22)18(14-10-20-15-6-4-3-5-13(14)15)21-12-7-8-16-17(9-12)25-11-24-16/h3-10,18,20-21H,2,11H2,1H3. The van der Waals surface area contributed by atoms with Gasteiger partial charge in [-0.2, -0.15) is 0 Å². The number of benzene rings is 2. The van der Waals surface area contributed by atoms with E-state index in [0.717, 1.165) is 22.2 Å². The first-order valence-electron chi connectivity index (χ1n) is 8.15. The first kappa shape index (κ1) is 15.4. The second-order valence-electron chi connectivity index (χ2n) is 5.69. The predicted molar refractivity (Wildman–Crippen MR) is 93.9 cm³/mol. The molecule has 1 aliphatic heterocycles. The number of hydrogen-bond donors (Lipinski definition) is 2. The van der Waals surface area contributed by atoms with Gasteiger partial charge in [0.25, 0.3) is 0 Å². The Morgan fingerprint density at radius 3 is 2.96 bits per heavy atom. The minimum atomic E-state index is -0.628. The highest BCUT2D eigenvalue weighted by Gasteiger charge is 2.25. The van der Waals surface area contributed by atoms with Crippen molar-refractivity contribution in [1.82, 2.24) is 4.98 Å². The molecule has 1 atom stereocenters. The summed E-state index contributed by atoms with van der Waals surface area (Å²) in [6.07, 6.45) is 1.84. The Morgan fingerprint density at radius 1 is 1.24 bits per heavy atom. The minimum Gasteiger partial charge on any atom is -0.464 e. The maximum absolute atomic E-state index is 12.6. The topological polar surface area (TPSA) is 72.6 Å². The number of fused-ring (bicyclic) bond motifs is 2. The van der Waals surface area contributed by atoms with Gasteiger partial charge in [-0.1, -0.05) is 18.2 Å². The van der Waals surface area contributed by atoms with Crippen molar-refractivity contribution in [3.8, 4) is 11.5 Å². The molecular weight excluding hydrogens is 320 g/mol. The Hall–Kier alpha value is -3.15. The van der Waals surface area contributed by atoms with Crippen LogP contribution < -0.4 is 14.8 Å². The highest BCUT2D eigenvalue weighted by atomic mass is 16.7. The molecule has 3 aromatic rings. The van der Waals surface area contributed by atoms with Crippen LogP contribution >= 0.6 is 0 Å². The van der Waals surface area contributed by atoms with Crippen LogP contribution in [0, 0.1) is 0 Å². The van der Waals surface area contributed by atoms with Crippen molar-refractivity contribution in [3.05, 3.63) is 54.2 Å². The molecule has 0 spiro atoms. The summed E-state index contributed by atoms with van der Waals surface area (Å²) in [5.74, 6) is 1.03. The zero-order valence-electron chi connectivity index (χ0n) is 13.7. The van der Waals surface area contributed by atoms with E-state index in [-0.39, 0.29) is 12.8 Å². The van der Waals surface area contributed by atoms with Gasteiger partial charge in [-0.05, 0) is 25.1 Å². The van der Waals surface area contributed by atoms with Gasteiger partial charge in [0.2, 0.25) is 6.79 Å². The number of H-pyrrole nitrogens is 1. The monoisotopic (exact) mass is 338 g/mol. The lowest BCUT2D eigenvalue weighted by Crippen LogP contribution is -2.23. The van der Waals surface area contributed by atoms with Crippen molar-refractivity contribution < 1.29 is 19.0 Å². The van der Waals surface area contributed by atoms with Crippen LogP contribution in [0.5, 0.6) is 11.5 Å². The molecule has 0 fully saturated rings. The molecule has 6 nitrogen and oxygen atoms in total. The number of esters is 1. The number of hydrogen-bond acceptors (Lipinski definition) is 5. The fourth-order valence-corrected chi connectivity index (χ4v) is 2.98. The molecule has 6 heteroatoms. The molecule has 1 aliphatic rings. The van der Waals surface area contributed by atoms with Crippen LogP contribution in [0.1, 0.15) is 18.5 Å². The van der Waals surface area contributed by atoms with Crippen molar-refractivity contribution in [2.45, 2.75) is 13.0 Å². The maximum atomic E-state index is 12.6. The largest absolute Gasteiger partial charge is 0.464 e. The Labute approximate surface area is 144 Å². The lowest BCUT2D eigenvalue weighted by Gasteiger charge is -2.18. The number of para-hydroxylation sites is 1. The second kappa shape index (κ2) is 6.39. The number of aromatic amines is 1. The molecule has 0 amide bonds. The van der Waals surface area contributed by atoms with Crippen molar-refractivity contribution in [2.24, 2.45) is 0 Å². The molecule has 1 aromatic heterocycles. The van der Waals surface area contributed by atoms with Crippen molar-refractivity contribution >= 4 is 22.6 Å². The molecule has 25 heavy (non-hydrogen) atoms. The third-order valence-electron chi connectivity index (χ3n) is 4.14. The van der Waals surface area contributed by atoms with Crippen molar-refractivity contribution in [2.75, 3.05) is 18.7 Å². The fraction of sp³-hybridized carbons (Fsp3) is 0.211.